The first-order chi connectivity index (χ1) is 8.66. The van der Waals surface area contributed by atoms with Crippen molar-refractivity contribution in [3.63, 3.8) is 0 Å². The molecule has 1 fully saturated rings. The van der Waals surface area contributed by atoms with Gasteiger partial charge in [0.15, 0.2) is 0 Å². The van der Waals surface area contributed by atoms with Crippen molar-refractivity contribution in [3.05, 3.63) is 27.7 Å². The molecule has 1 unspecified atom stereocenters. The van der Waals surface area contributed by atoms with Gasteiger partial charge in [-0.15, -0.1) is 0 Å². The average molecular weight is 290 g/mol. The lowest BCUT2D eigenvalue weighted by Gasteiger charge is -2.22. The summed E-state index contributed by atoms with van der Waals surface area (Å²) in [6.07, 6.45) is 2.32. The van der Waals surface area contributed by atoms with E-state index in [4.69, 9.17) is 27.9 Å². The molecule has 1 aromatic rings. The van der Waals surface area contributed by atoms with E-state index in [0.29, 0.717) is 22.5 Å². The Bertz CT molecular complexity index is 406. The summed E-state index contributed by atoms with van der Waals surface area (Å²) in [6, 6.07) is 3.27. The first kappa shape index (κ1) is 13.9. The van der Waals surface area contributed by atoms with Crippen molar-refractivity contribution >= 4 is 23.2 Å². The fourth-order valence-electron chi connectivity index (χ4n) is 2.13. The van der Waals surface area contributed by atoms with Crippen molar-refractivity contribution in [2.75, 3.05) is 19.8 Å². The van der Waals surface area contributed by atoms with E-state index in [0.717, 1.165) is 31.7 Å². The normalized spacial score (nSPS) is 20.0. The first-order valence-electron chi connectivity index (χ1n) is 6.12. The third-order valence-electron chi connectivity index (χ3n) is 3.11. The zero-order valence-corrected chi connectivity index (χ0v) is 11.6. The molecule has 0 saturated carbocycles. The van der Waals surface area contributed by atoms with Crippen LogP contribution in [-0.2, 0) is 11.3 Å². The van der Waals surface area contributed by atoms with Crippen LogP contribution in [0.4, 0.5) is 0 Å². The SMILES string of the molecule is Oc1c(Cl)cc(Cl)cc1CNCC1CCCOC1. The third-order valence-corrected chi connectivity index (χ3v) is 3.62. The molecule has 0 aromatic heterocycles. The Hall–Kier alpha value is -0.480. The predicted octanol–water partition coefficient (Wildman–Crippen LogP) is 3.22. The number of phenolic OH excluding ortho intramolecular Hbond substituents is 1. The minimum atomic E-state index is 0.105. The fourth-order valence-corrected chi connectivity index (χ4v) is 2.67. The number of benzene rings is 1. The molecular formula is C13H17Cl2NO2. The van der Waals surface area contributed by atoms with Crippen LogP contribution in [0, 0.1) is 5.92 Å². The molecule has 1 atom stereocenters. The largest absolute Gasteiger partial charge is 0.506 e. The van der Waals surface area contributed by atoms with Crippen molar-refractivity contribution in [2.24, 2.45) is 5.92 Å². The Morgan fingerprint density at radius 1 is 1.39 bits per heavy atom. The number of hydrogen-bond acceptors (Lipinski definition) is 3. The van der Waals surface area contributed by atoms with Gasteiger partial charge >= 0.3 is 0 Å². The molecule has 3 nitrogen and oxygen atoms in total. The summed E-state index contributed by atoms with van der Waals surface area (Å²) in [6.45, 7) is 3.13. The van der Waals surface area contributed by atoms with Crippen LogP contribution in [0.25, 0.3) is 0 Å². The van der Waals surface area contributed by atoms with Gasteiger partial charge in [0.2, 0.25) is 0 Å². The first-order valence-corrected chi connectivity index (χ1v) is 6.87. The van der Waals surface area contributed by atoms with Crippen molar-refractivity contribution in [1.82, 2.24) is 5.32 Å². The lowest BCUT2D eigenvalue weighted by Crippen LogP contribution is -2.28. The van der Waals surface area contributed by atoms with Gasteiger partial charge in [-0.2, -0.15) is 0 Å². The maximum absolute atomic E-state index is 9.80. The van der Waals surface area contributed by atoms with Crippen LogP contribution < -0.4 is 5.32 Å². The third kappa shape index (κ3) is 3.75. The summed E-state index contributed by atoms with van der Waals surface area (Å²) < 4.78 is 5.42. The summed E-state index contributed by atoms with van der Waals surface area (Å²) in [7, 11) is 0. The van der Waals surface area contributed by atoms with Gasteiger partial charge in [-0.3, -0.25) is 0 Å². The lowest BCUT2D eigenvalue weighted by molar-refractivity contribution is 0.0547. The Labute approximate surface area is 117 Å². The number of rotatable bonds is 4. The van der Waals surface area contributed by atoms with Gasteiger partial charge in [0, 0.05) is 30.3 Å². The predicted molar refractivity (Wildman–Crippen MR) is 73.4 cm³/mol. The van der Waals surface area contributed by atoms with Gasteiger partial charge in [-0.25, -0.2) is 0 Å². The smallest absolute Gasteiger partial charge is 0.138 e. The number of hydrogen-bond donors (Lipinski definition) is 2. The lowest BCUT2D eigenvalue weighted by atomic mass is 10.0. The van der Waals surface area contributed by atoms with Gasteiger partial charge in [0.05, 0.1) is 11.6 Å². The molecule has 0 amide bonds. The van der Waals surface area contributed by atoms with Crippen LogP contribution in [0.15, 0.2) is 12.1 Å². The molecule has 5 heteroatoms. The Balaban J connectivity index is 1.86. The van der Waals surface area contributed by atoms with Crippen LogP contribution in [0.5, 0.6) is 5.75 Å². The van der Waals surface area contributed by atoms with Crippen molar-refractivity contribution in [3.8, 4) is 5.75 Å². The van der Waals surface area contributed by atoms with Gasteiger partial charge in [0.1, 0.15) is 5.75 Å². The summed E-state index contributed by atoms with van der Waals surface area (Å²) in [5.74, 6) is 0.656. The summed E-state index contributed by atoms with van der Waals surface area (Å²) in [5, 5.41) is 13.9. The van der Waals surface area contributed by atoms with Crippen molar-refractivity contribution < 1.29 is 9.84 Å². The topological polar surface area (TPSA) is 41.5 Å². The van der Waals surface area contributed by atoms with Gasteiger partial charge < -0.3 is 15.2 Å². The van der Waals surface area contributed by atoms with E-state index in [9.17, 15) is 5.11 Å². The second-order valence-corrected chi connectivity index (χ2v) is 5.45. The van der Waals surface area contributed by atoms with E-state index in [1.807, 2.05) is 0 Å². The minimum absolute atomic E-state index is 0.105. The van der Waals surface area contributed by atoms with Gasteiger partial charge in [0.25, 0.3) is 0 Å². The second-order valence-electron chi connectivity index (χ2n) is 4.61. The maximum Gasteiger partial charge on any atom is 0.138 e. The highest BCUT2D eigenvalue weighted by atomic mass is 35.5. The number of ether oxygens (including phenoxy) is 1. The van der Waals surface area contributed by atoms with Crippen molar-refractivity contribution in [1.29, 1.82) is 0 Å². The number of phenols is 1. The highest BCUT2D eigenvalue weighted by Gasteiger charge is 2.14. The standard InChI is InChI=1S/C13H17Cl2NO2/c14-11-4-10(13(17)12(15)5-11)7-16-6-9-2-1-3-18-8-9/h4-5,9,16-17H,1-3,6-8H2. The zero-order chi connectivity index (χ0) is 13.0. The number of nitrogens with one attached hydrogen (secondary N) is 1. The highest BCUT2D eigenvalue weighted by molar-refractivity contribution is 6.35. The quantitative estimate of drug-likeness (QED) is 0.894. The number of halogens is 2. The van der Waals surface area contributed by atoms with E-state index in [2.05, 4.69) is 5.32 Å². The Kier molecular flexibility index (Phi) is 5.13. The molecule has 0 spiro atoms. The fraction of sp³-hybridized carbons (Fsp3) is 0.538. The molecule has 1 saturated heterocycles. The van der Waals surface area contributed by atoms with E-state index in [1.54, 1.807) is 6.07 Å². The molecule has 1 aromatic carbocycles. The van der Waals surface area contributed by atoms with E-state index in [-0.39, 0.29) is 5.75 Å². The van der Waals surface area contributed by atoms with E-state index < -0.39 is 0 Å². The molecule has 100 valence electrons. The molecule has 1 aliphatic heterocycles. The number of aromatic hydroxyl groups is 1. The molecular weight excluding hydrogens is 273 g/mol. The Morgan fingerprint density at radius 3 is 2.94 bits per heavy atom. The minimum Gasteiger partial charge on any atom is -0.506 e. The van der Waals surface area contributed by atoms with Crippen molar-refractivity contribution in [2.45, 2.75) is 19.4 Å². The summed E-state index contributed by atoms with van der Waals surface area (Å²) >= 11 is 11.8. The molecule has 0 radical (unpaired) electrons. The van der Waals surface area contributed by atoms with E-state index >= 15 is 0 Å². The Morgan fingerprint density at radius 2 is 2.22 bits per heavy atom. The van der Waals surface area contributed by atoms with Crippen LogP contribution in [0.2, 0.25) is 10.0 Å². The summed E-state index contributed by atoms with van der Waals surface area (Å²) in [5.41, 5.74) is 0.726. The second kappa shape index (κ2) is 6.62. The van der Waals surface area contributed by atoms with Gasteiger partial charge in [-0.1, -0.05) is 23.2 Å². The molecule has 2 rings (SSSR count). The van der Waals surface area contributed by atoms with Crippen LogP contribution in [0.3, 0.4) is 0 Å². The molecule has 2 N–H and O–H groups in total. The molecule has 1 aliphatic rings. The summed E-state index contributed by atoms with van der Waals surface area (Å²) in [4.78, 5) is 0. The van der Waals surface area contributed by atoms with Gasteiger partial charge in [-0.05, 0) is 30.9 Å². The van der Waals surface area contributed by atoms with E-state index in [1.165, 1.54) is 12.5 Å². The van der Waals surface area contributed by atoms with Crippen LogP contribution in [-0.4, -0.2) is 24.9 Å². The maximum atomic E-state index is 9.80. The molecule has 1 heterocycles. The van der Waals surface area contributed by atoms with Crippen LogP contribution >= 0.6 is 23.2 Å². The zero-order valence-electron chi connectivity index (χ0n) is 10.1. The monoisotopic (exact) mass is 289 g/mol. The molecule has 0 bridgehead atoms. The average Bonchev–Trinajstić information content (AvgIpc) is 2.36. The van der Waals surface area contributed by atoms with Crippen LogP contribution in [0.1, 0.15) is 18.4 Å². The molecule has 0 aliphatic carbocycles. The molecule has 18 heavy (non-hydrogen) atoms. The highest BCUT2D eigenvalue weighted by Crippen LogP contribution is 2.31.